The van der Waals surface area contributed by atoms with Crippen LogP contribution in [0.4, 0.5) is 5.95 Å². The standard InChI is InChI=1S/C12H21N5.3ClH/c13-4-1-2-7-16-8-10-17(11-9-16)12-14-5-3-6-15-12;;;/h3,5-6H,1-2,4,7-11,13H2;3*1H. The summed E-state index contributed by atoms with van der Waals surface area (Å²) in [6, 6.07) is 1.85. The average Bonchev–Trinajstić information content (AvgIpc) is 2.41. The van der Waals surface area contributed by atoms with Crippen molar-refractivity contribution in [2.45, 2.75) is 12.8 Å². The number of nitrogens with zero attached hydrogens (tertiary/aromatic N) is 4. The zero-order valence-electron chi connectivity index (χ0n) is 11.5. The SMILES string of the molecule is Cl.Cl.Cl.NCCCCN1CCN(c2ncccn2)CC1. The number of unbranched alkanes of at least 4 members (excludes halogenated alkanes) is 1. The van der Waals surface area contributed by atoms with Crippen molar-refractivity contribution in [3.8, 4) is 0 Å². The molecule has 2 N–H and O–H groups in total. The summed E-state index contributed by atoms with van der Waals surface area (Å²) in [5, 5.41) is 0. The molecular weight excluding hydrogens is 321 g/mol. The predicted molar refractivity (Wildman–Crippen MR) is 90.7 cm³/mol. The van der Waals surface area contributed by atoms with Gasteiger partial charge in [0.2, 0.25) is 5.95 Å². The second-order valence-corrected chi connectivity index (χ2v) is 4.37. The van der Waals surface area contributed by atoms with Gasteiger partial charge in [0, 0.05) is 38.6 Å². The van der Waals surface area contributed by atoms with Crippen molar-refractivity contribution >= 4 is 43.2 Å². The average molecular weight is 345 g/mol. The summed E-state index contributed by atoms with van der Waals surface area (Å²) in [5.74, 6) is 0.856. The summed E-state index contributed by atoms with van der Waals surface area (Å²) in [6.07, 6.45) is 5.94. The molecule has 118 valence electrons. The number of nitrogens with two attached hydrogens (primary N) is 1. The lowest BCUT2D eigenvalue weighted by atomic mass is 10.2. The van der Waals surface area contributed by atoms with Crippen LogP contribution in [0.3, 0.4) is 0 Å². The van der Waals surface area contributed by atoms with Crippen LogP contribution in [-0.2, 0) is 0 Å². The number of halogens is 3. The molecule has 20 heavy (non-hydrogen) atoms. The van der Waals surface area contributed by atoms with Crippen LogP contribution in [0.2, 0.25) is 0 Å². The van der Waals surface area contributed by atoms with Crippen LogP contribution in [0.25, 0.3) is 0 Å². The van der Waals surface area contributed by atoms with Crippen molar-refractivity contribution in [2.75, 3.05) is 44.2 Å². The molecule has 0 unspecified atom stereocenters. The number of rotatable bonds is 5. The minimum Gasteiger partial charge on any atom is -0.338 e. The van der Waals surface area contributed by atoms with Crippen LogP contribution in [0.5, 0.6) is 0 Å². The van der Waals surface area contributed by atoms with E-state index in [2.05, 4.69) is 19.8 Å². The summed E-state index contributed by atoms with van der Waals surface area (Å²) in [4.78, 5) is 13.3. The molecule has 0 spiro atoms. The fraction of sp³-hybridized carbons (Fsp3) is 0.667. The van der Waals surface area contributed by atoms with Gasteiger partial charge in [-0.25, -0.2) is 9.97 Å². The van der Waals surface area contributed by atoms with Gasteiger partial charge in [-0.3, -0.25) is 4.90 Å². The lowest BCUT2D eigenvalue weighted by molar-refractivity contribution is 0.252. The van der Waals surface area contributed by atoms with Crippen molar-refractivity contribution in [3.63, 3.8) is 0 Å². The number of hydrogen-bond acceptors (Lipinski definition) is 5. The van der Waals surface area contributed by atoms with Gasteiger partial charge in [0.25, 0.3) is 0 Å². The predicted octanol–water partition coefficient (Wildman–Crippen LogP) is 1.60. The third kappa shape index (κ3) is 6.90. The molecule has 0 radical (unpaired) electrons. The van der Waals surface area contributed by atoms with Crippen LogP contribution in [0.1, 0.15) is 12.8 Å². The summed E-state index contributed by atoms with van der Waals surface area (Å²) in [6.45, 7) is 6.21. The Morgan fingerprint density at radius 2 is 1.55 bits per heavy atom. The Morgan fingerprint density at radius 3 is 2.10 bits per heavy atom. The summed E-state index contributed by atoms with van der Waals surface area (Å²) >= 11 is 0. The Balaban J connectivity index is 0. The maximum absolute atomic E-state index is 5.50. The second-order valence-electron chi connectivity index (χ2n) is 4.37. The van der Waals surface area contributed by atoms with Gasteiger partial charge in [0.15, 0.2) is 0 Å². The second kappa shape index (κ2) is 12.4. The van der Waals surface area contributed by atoms with Gasteiger partial charge in [-0.15, -0.1) is 37.2 Å². The minimum atomic E-state index is 0. The highest BCUT2D eigenvalue weighted by molar-refractivity contribution is 5.86. The van der Waals surface area contributed by atoms with E-state index >= 15 is 0 Å². The normalized spacial score (nSPS) is 14.8. The molecule has 8 heteroatoms. The Hall–Kier alpha value is -0.330. The topological polar surface area (TPSA) is 58.3 Å². The smallest absolute Gasteiger partial charge is 0.225 e. The molecule has 1 fully saturated rings. The first-order chi connectivity index (χ1) is 8.40. The number of piperazine rings is 1. The Bertz CT molecular complexity index is 320. The molecule has 0 saturated carbocycles. The molecule has 0 amide bonds. The van der Waals surface area contributed by atoms with E-state index in [-0.39, 0.29) is 37.2 Å². The maximum atomic E-state index is 5.50. The third-order valence-electron chi connectivity index (χ3n) is 3.14. The van der Waals surface area contributed by atoms with E-state index in [1.807, 2.05) is 6.07 Å². The van der Waals surface area contributed by atoms with Crippen molar-refractivity contribution < 1.29 is 0 Å². The molecule has 1 saturated heterocycles. The van der Waals surface area contributed by atoms with Gasteiger partial charge < -0.3 is 10.6 Å². The van der Waals surface area contributed by atoms with E-state index in [0.717, 1.165) is 45.1 Å². The highest BCUT2D eigenvalue weighted by Crippen LogP contribution is 2.09. The molecule has 1 aromatic rings. The lowest BCUT2D eigenvalue weighted by Crippen LogP contribution is -2.47. The van der Waals surface area contributed by atoms with Gasteiger partial charge in [-0.05, 0) is 32.0 Å². The minimum absolute atomic E-state index is 0. The van der Waals surface area contributed by atoms with Crippen LogP contribution >= 0.6 is 37.2 Å². The third-order valence-corrected chi connectivity index (χ3v) is 3.14. The molecule has 1 aliphatic rings. The monoisotopic (exact) mass is 343 g/mol. The van der Waals surface area contributed by atoms with E-state index in [1.54, 1.807) is 12.4 Å². The quantitative estimate of drug-likeness (QED) is 0.822. The maximum Gasteiger partial charge on any atom is 0.225 e. The lowest BCUT2D eigenvalue weighted by Gasteiger charge is -2.34. The molecule has 2 heterocycles. The largest absolute Gasteiger partial charge is 0.338 e. The molecule has 0 aromatic carbocycles. The number of hydrogen-bond donors (Lipinski definition) is 1. The van der Waals surface area contributed by atoms with Crippen LogP contribution in [-0.4, -0.2) is 54.1 Å². The van der Waals surface area contributed by atoms with Crippen LogP contribution < -0.4 is 10.6 Å². The molecule has 1 aromatic heterocycles. The van der Waals surface area contributed by atoms with Crippen LogP contribution in [0.15, 0.2) is 18.5 Å². The first kappa shape index (κ1) is 22.0. The molecule has 1 aliphatic heterocycles. The van der Waals surface area contributed by atoms with Crippen molar-refractivity contribution in [2.24, 2.45) is 5.73 Å². The van der Waals surface area contributed by atoms with E-state index in [0.29, 0.717) is 0 Å². The van der Waals surface area contributed by atoms with E-state index < -0.39 is 0 Å². The van der Waals surface area contributed by atoms with E-state index in [4.69, 9.17) is 5.73 Å². The van der Waals surface area contributed by atoms with E-state index in [1.165, 1.54) is 13.0 Å². The molecule has 0 aliphatic carbocycles. The van der Waals surface area contributed by atoms with Crippen molar-refractivity contribution in [1.82, 2.24) is 14.9 Å². The fourth-order valence-electron chi connectivity index (χ4n) is 2.11. The molecule has 5 nitrogen and oxygen atoms in total. The van der Waals surface area contributed by atoms with E-state index in [9.17, 15) is 0 Å². The van der Waals surface area contributed by atoms with Gasteiger partial charge in [-0.2, -0.15) is 0 Å². The summed E-state index contributed by atoms with van der Waals surface area (Å²) in [5.41, 5.74) is 5.50. The molecule has 2 rings (SSSR count). The fourth-order valence-corrected chi connectivity index (χ4v) is 2.11. The Labute approximate surface area is 139 Å². The molecule has 0 bridgehead atoms. The zero-order chi connectivity index (χ0) is 11.9. The summed E-state index contributed by atoms with van der Waals surface area (Å²) in [7, 11) is 0. The highest BCUT2D eigenvalue weighted by atomic mass is 35.5. The Kier molecular flexibility index (Phi) is 13.6. The van der Waals surface area contributed by atoms with Gasteiger partial charge in [0.05, 0.1) is 0 Å². The molecular formula is C12H24Cl3N5. The Morgan fingerprint density at radius 1 is 0.950 bits per heavy atom. The van der Waals surface area contributed by atoms with Crippen molar-refractivity contribution in [1.29, 1.82) is 0 Å². The zero-order valence-corrected chi connectivity index (χ0v) is 13.9. The molecule has 0 atom stereocenters. The summed E-state index contributed by atoms with van der Waals surface area (Å²) < 4.78 is 0. The van der Waals surface area contributed by atoms with Gasteiger partial charge in [0.1, 0.15) is 0 Å². The first-order valence-electron chi connectivity index (χ1n) is 6.34. The van der Waals surface area contributed by atoms with Gasteiger partial charge >= 0.3 is 0 Å². The van der Waals surface area contributed by atoms with Crippen LogP contribution in [0, 0.1) is 0 Å². The van der Waals surface area contributed by atoms with Crippen molar-refractivity contribution in [3.05, 3.63) is 18.5 Å². The highest BCUT2D eigenvalue weighted by Gasteiger charge is 2.17. The van der Waals surface area contributed by atoms with Gasteiger partial charge in [-0.1, -0.05) is 0 Å². The first-order valence-corrected chi connectivity index (χ1v) is 6.34. The number of aromatic nitrogens is 2. The number of anilines is 1.